The molecule has 1 heterocycles. The zero-order valence-corrected chi connectivity index (χ0v) is 12.1. The summed E-state index contributed by atoms with van der Waals surface area (Å²) in [6, 6.07) is 0.261. The van der Waals surface area contributed by atoms with E-state index in [2.05, 4.69) is 31.9 Å². The highest BCUT2D eigenvalue weighted by Crippen LogP contribution is 2.40. The molecule has 2 aliphatic rings. The third-order valence-electron chi connectivity index (χ3n) is 4.32. The Morgan fingerprint density at radius 3 is 2.56 bits per heavy atom. The van der Waals surface area contributed by atoms with E-state index in [1.807, 2.05) is 6.92 Å². The summed E-state index contributed by atoms with van der Waals surface area (Å²) >= 11 is 0. The van der Waals surface area contributed by atoms with Gasteiger partial charge >= 0.3 is 0 Å². The summed E-state index contributed by atoms with van der Waals surface area (Å²) in [4.78, 5) is 11.7. The van der Waals surface area contributed by atoms with Gasteiger partial charge < -0.3 is 0 Å². The molecule has 4 atom stereocenters. The maximum atomic E-state index is 11.7. The van der Waals surface area contributed by atoms with Crippen molar-refractivity contribution >= 4 is 11.6 Å². The van der Waals surface area contributed by atoms with Gasteiger partial charge in [0.25, 0.3) is 0 Å². The molecule has 1 amide bonds. The molecule has 0 fully saturated rings. The van der Waals surface area contributed by atoms with Gasteiger partial charge in [-0.1, -0.05) is 25.5 Å². The Bertz CT molecular complexity index is 411. The summed E-state index contributed by atoms with van der Waals surface area (Å²) < 4.78 is 0. The molecule has 0 spiro atoms. The van der Waals surface area contributed by atoms with Gasteiger partial charge in [0, 0.05) is 19.1 Å². The maximum Gasteiger partial charge on any atom is 0.239 e. The van der Waals surface area contributed by atoms with Gasteiger partial charge in [-0.25, -0.2) is 5.01 Å². The van der Waals surface area contributed by atoms with E-state index >= 15 is 0 Å². The molecule has 0 saturated heterocycles. The standard InChI is InChI=1S/C15H24N2O/c1-9-6-10(2)15(11(3)7-9)14-8-12(4)16-17(14)13(5)18/h6,10-11,14-15H,7-8H2,1-5H3. The predicted molar refractivity (Wildman–Crippen MR) is 74.2 cm³/mol. The molecule has 100 valence electrons. The summed E-state index contributed by atoms with van der Waals surface area (Å²) in [5.74, 6) is 1.75. The molecule has 2 rings (SSSR count). The van der Waals surface area contributed by atoms with E-state index in [9.17, 15) is 4.79 Å². The Balaban J connectivity index is 2.24. The number of rotatable bonds is 1. The molecule has 0 aromatic rings. The minimum absolute atomic E-state index is 0.0718. The highest BCUT2D eigenvalue weighted by Gasteiger charge is 2.40. The van der Waals surface area contributed by atoms with E-state index in [1.54, 1.807) is 11.9 Å². The van der Waals surface area contributed by atoms with Gasteiger partial charge in [-0.3, -0.25) is 4.79 Å². The molecule has 0 radical (unpaired) electrons. The monoisotopic (exact) mass is 248 g/mol. The fraction of sp³-hybridized carbons (Fsp3) is 0.733. The molecule has 0 aromatic heterocycles. The molecule has 0 bridgehead atoms. The highest BCUT2D eigenvalue weighted by atomic mass is 16.2. The van der Waals surface area contributed by atoms with Crippen LogP contribution in [0.25, 0.3) is 0 Å². The van der Waals surface area contributed by atoms with Crippen molar-refractivity contribution in [2.24, 2.45) is 22.9 Å². The number of allylic oxidation sites excluding steroid dienone is 2. The lowest BCUT2D eigenvalue weighted by molar-refractivity contribution is -0.132. The summed E-state index contributed by atoms with van der Waals surface area (Å²) in [6.07, 6.45) is 4.46. The van der Waals surface area contributed by atoms with Crippen LogP contribution < -0.4 is 0 Å². The first kappa shape index (κ1) is 13.3. The number of hydrazone groups is 1. The summed E-state index contributed by atoms with van der Waals surface area (Å²) in [5, 5.41) is 6.14. The van der Waals surface area contributed by atoms with Crippen molar-refractivity contribution in [2.45, 2.75) is 53.5 Å². The Morgan fingerprint density at radius 2 is 2.00 bits per heavy atom. The second kappa shape index (κ2) is 4.87. The lowest BCUT2D eigenvalue weighted by atomic mass is 9.70. The molecule has 3 heteroatoms. The maximum absolute atomic E-state index is 11.7. The van der Waals surface area contributed by atoms with Gasteiger partial charge in [-0.05, 0) is 38.0 Å². The van der Waals surface area contributed by atoms with E-state index in [4.69, 9.17) is 0 Å². The topological polar surface area (TPSA) is 32.7 Å². The van der Waals surface area contributed by atoms with E-state index in [1.165, 1.54) is 5.57 Å². The van der Waals surface area contributed by atoms with E-state index in [0.29, 0.717) is 17.8 Å². The zero-order chi connectivity index (χ0) is 13.4. The SMILES string of the molecule is CC(=O)N1N=C(C)CC1C1C(C)C=C(C)CC1C. The van der Waals surface area contributed by atoms with Crippen LogP contribution in [0.1, 0.15) is 47.5 Å². The molecule has 0 saturated carbocycles. The average Bonchev–Trinajstić information content (AvgIpc) is 2.58. The van der Waals surface area contributed by atoms with Crippen molar-refractivity contribution < 1.29 is 4.79 Å². The molecule has 1 aliphatic carbocycles. The Hall–Kier alpha value is -1.12. The van der Waals surface area contributed by atoms with Crippen LogP contribution in [0.3, 0.4) is 0 Å². The van der Waals surface area contributed by atoms with Gasteiger partial charge in [0.1, 0.15) is 0 Å². The Kier molecular flexibility index (Phi) is 3.60. The van der Waals surface area contributed by atoms with E-state index in [0.717, 1.165) is 18.6 Å². The van der Waals surface area contributed by atoms with Gasteiger partial charge in [0.15, 0.2) is 0 Å². The van der Waals surface area contributed by atoms with Crippen LogP contribution in [-0.4, -0.2) is 22.7 Å². The summed E-state index contributed by atoms with van der Waals surface area (Å²) in [6.45, 7) is 10.4. The van der Waals surface area contributed by atoms with Crippen molar-refractivity contribution in [1.82, 2.24) is 5.01 Å². The molecule has 4 unspecified atom stereocenters. The minimum atomic E-state index is 0.0718. The van der Waals surface area contributed by atoms with Crippen LogP contribution >= 0.6 is 0 Å². The van der Waals surface area contributed by atoms with Crippen molar-refractivity contribution in [3.8, 4) is 0 Å². The van der Waals surface area contributed by atoms with Crippen LogP contribution in [0.15, 0.2) is 16.8 Å². The van der Waals surface area contributed by atoms with Crippen LogP contribution in [0.4, 0.5) is 0 Å². The summed E-state index contributed by atoms with van der Waals surface area (Å²) in [5.41, 5.74) is 2.57. The normalized spacial score (nSPS) is 36.4. The quantitative estimate of drug-likeness (QED) is 0.656. The number of hydrogen-bond acceptors (Lipinski definition) is 2. The average molecular weight is 248 g/mol. The number of nitrogens with zero attached hydrogens (tertiary/aromatic N) is 2. The molecular weight excluding hydrogens is 224 g/mol. The molecular formula is C15H24N2O. The van der Waals surface area contributed by atoms with Crippen LogP contribution in [-0.2, 0) is 4.79 Å². The van der Waals surface area contributed by atoms with Crippen LogP contribution in [0.5, 0.6) is 0 Å². The van der Waals surface area contributed by atoms with Gasteiger partial charge in [-0.2, -0.15) is 5.10 Å². The van der Waals surface area contributed by atoms with Crippen molar-refractivity contribution in [3.05, 3.63) is 11.6 Å². The van der Waals surface area contributed by atoms with Crippen LogP contribution in [0, 0.1) is 17.8 Å². The van der Waals surface area contributed by atoms with E-state index in [-0.39, 0.29) is 11.9 Å². The van der Waals surface area contributed by atoms with Crippen molar-refractivity contribution in [2.75, 3.05) is 0 Å². The summed E-state index contributed by atoms with van der Waals surface area (Å²) in [7, 11) is 0. The van der Waals surface area contributed by atoms with Gasteiger partial charge in [0.2, 0.25) is 5.91 Å². The number of amides is 1. The molecule has 1 aliphatic heterocycles. The van der Waals surface area contributed by atoms with Crippen LogP contribution in [0.2, 0.25) is 0 Å². The van der Waals surface area contributed by atoms with Crippen molar-refractivity contribution in [1.29, 1.82) is 0 Å². The number of carbonyl (C=O) groups is 1. The third-order valence-corrected chi connectivity index (χ3v) is 4.32. The Labute approximate surface area is 110 Å². The second-order valence-corrected chi connectivity index (χ2v) is 6.10. The first-order chi connectivity index (χ1) is 8.40. The molecule has 0 aromatic carbocycles. The first-order valence-electron chi connectivity index (χ1n) is 6.91. The minimum Gasteiger partial charge on any atom is -0.273 e. The highest BCUT2D eigenvalue weighted by molar-refractivity contribution is 5.87. The fourth-order valence-corrected chi connectivity index (χ4v) is 3.81. The van der Waals surface area contributed by atoms with E-state index < -0.39 is 0 Å². The largest absolute Gasteiger partial charge is 0.273 e. The number of hydrogen-bond donors (Lipinski definition) is 0. The van der Waals surface area contributed by atoms with Crippen molar-refractivity contribution in [3.63, 3.8) is 0 Å². The molecule has 18 heavy (non-hydrogen) atoms. The predicted octanol–water partition coefficient (Wildman–Crippen LogP) is 3.22. The Morgan fingerprint density at radius 1 is 1.33 bits per heavy atom. The second-order valence-electron chi connectivity index (χ2n) is 6.10. The molecule has 3 nitrogen and oxygen atoms in total. The lowest BCUT2D eigenvalue weighted by Crippen LogP contribution is -2.43. The number of carbonyl (C=O) groups excluding carboxylic acids is 1. The van der Waals surface area contributed by atoms with Gasteiger partial charge in [-0.15, -0.1) is 0 Å². The van der Waals surface area contributed by atoms with Gasteiger partial charge in [0.05, 0.1) is 6.04 Å². The smallest absolute Gasteiger partial charge is 0.239 e. The third kappa shape index (κ3) is 2.36. The molecule has 0 N–H and O–H groups in total. The first-order valence-corrected chi connectivity index (χ1v) is 6.91. The fourth-order valence-electron chi connectivity index (χ4n) is 3.81. The lowest BCUT2D eigenvalue weighted by Gasteiger charge is -2.39. The zero-order valence-electron chi connectivity index (χ0n) is 12.1.